The van der Waals surface area contributed by atoms with Gasteiger partial charge in [0.05, 0.1) is 5.02 Å². The van der Waals surface area contributed by atoms with Crippen molar-refractivity contribution in [2.45, 2.75) is 0 Å². The van der Waals surface area contributed by atoms with E-state index in [1.807, 2.05) is 0 Å². The minimum atomic E-state index is -0.460. The molecule has 0 bridgehead atoms. The first-order valence-electron chi connectivity index (χ1n) is 7.26. The number of halogens is 2. The van der Waals surface area contributed by atoms with Crippen LogP contribution in [0.4, 0.5) is 11.5 Å². The predicted octanol–water partition coefficient (Wildman–Crippen LogP) is 2.07. The molecule has 2 aromatic heterocycles. The smallest absolute Gasteiger partial charge is 0.276 e. The number of carbonyl (C=O) groups excluding carboxylic acids is 1. The molecule has 26 heavy (non-hydrogen) atoms. The van der Waals surface area contributed by atoms with Gasteiger partial charge in [-0.3, -0.25) is 20.2 Å². The first-order valence-corrected chi connectivity index (χ1v) is 8.01. The summed E-state index contributed by atoms with van der Waals surface area (Å²) in [5, 5.41) is 0.782. The lowest BCUT2D eigenvalue weighted by atomic mass is 10.3. The number of amides is 1. The van der Waals surface area contributed by atoms with Crippen LogP contribution in [0, 0.1) is 0 Å². The van der Waals surface area contributed by atoms with Gasteiger partial charge in [0.2, 0.25) is 0 Å². The number of anilines is 2. The van der Waals surface area contributed by atoms with E-state index in [2.05, 4.69) is 25.8 Å². The van der Waals surface area contributed by atoms with Crippen LogP contribution in [0.3, 0.4) is 0 Å². The summed E-state index contributed by atoms with van der Waals surface area (Å²) in [4.78, 5) is 23.9. The molecule has 0 aliphatic heterocycles. The van der Waals surface area contributed by atoms with E-state index in [1.165, 1.54) is 12.4 Å². The molecular weight excluding hydrogens is 381 g/mol. The Balaban J connectivity index is 1.59. The van der Waals surface area contributed by atoms with Crippen LogP contribution >= 0.6 is 23.2 Å². The lowest BCUT2D eigenvalue weighted by Crippen LogP contribution is -2.34. The summed E-state index contributed by atoms with van der Waals surface area (Å²) in [6, 6.07) is 4.71. The number of carbonyl (C=O) groups is 1. The molecule has 11 heteroatoms. The van der Waals surface area contributed by atoms with E-state index in [0.717, 1.165) is 0 Å². The fourth-order valence-electron chi connectivity index (χ4n) is 1.98. The molecule has 0 aliphatic carbocycles. The van der Waals surface area contributed by atoms with E-state index < -0.39 is 5.91 Å². The standard InChI is InChI=1S/C15H13Cl2N7O2/c16-9-1-2-11(10(17)5-9)26-6-12(25)22-23-14-13(18)15(21-7-20-14)24-4-3-19-8-24/h1-5,7-8H,6,18H2,(H,22,25)(H,20,21,23). The number of imidazole rings is 1. The minimum absolute atomic E-state index is 0.238. The predicted molar refractivity (Wildman–Crippen MR) is 97.3 cm³/mol. The SMILES string of the molecule is Nc1c(NNC(=O)COc2ccc(Cl)cc2Cl)ncnc1-n1ccnc1. The molecule has 1 aromatic carbocycles. The Morgan fingerprint density at radius 3 is 2.88 bits per heavy atom. The maximum Gasteiger partial charge on any atom is 0.276 e. The Bertz CT molecular complexity index is 918. The van der Waals surface area contributed by atoms with Gasteiger partial charge in [-0.2, -0.15) is 0 Å². The molecule has 1 amide bonds. The van der Waals surface area contributed by atoms with Crippen LogP contribution in [0.2, 0.25) is 10.0 Å². The van der Waals surface area contributed by atoms with E-state index >= 15 is 0 Å². The zero-order valence-electron chi connectivity index (χ0n) is 13.2. The van der Waals surface area contributed by atoms with Gasteiger partial charge in [-0.15, -0.1) is 0 Å². The Kier molecular flexibility index (Phi) is 5.40. The average Bonchev–Trinajstić information content (AvgIpc) is 3.14. The van der Waals surface area contributed by atoms with E-state index in [-0.39, 0.29) is 18.1 Å². The molecule has 0 saturated heterocycles. The maximum atomic E-state index is 11.9. The van der Waals surface area contributed by atoms with Gasteiger partial charge in [0, 0.05) is 17.4 Å². The summed E-state index contributed by atoms with van der Waals surface area (Å²) in [7, 11) is 0. The molecule has 3 rings (SSSR count). The highest BCUT2D eigenvalue weighted by molar-refractivity contribution is 6.35. The average molecular weight is 394 g/mol. The number of benzene rings is 1. The number of nitrogens with two attached hydrogens (primary N) is 1. The second kappa shape index (κ2) is 7.89. The highest BCUT2D eigenvalue weighted by Gasteiger charge is 2.11. The number of ether oxygens (including phenoxy) is 1. The monoisotopic (exact) mass is 393 g/mol. The lowest BCUT2D eigenvalue weighted by Gasteiger charge is -2.13. The normalized spacial score (nSPS) is 10.4. The third kappa shape index (κ3) is 4.13. The van der Waals surface area contributed by atoms with Gasteiger partial charge in [0.25, 0.3) is 5.91 Å². The van der Waals surface area contributed by atoms with Crippen molar-refractivity contribution >= 4 is 40.6 Å². The molecule has 2 heterocycles. The van der Waals surface area contributed by atoms with Gasteiger partial charge in [0.1, 0.15) is 24.1 Å². The van der Waals surface area contributed by atoms with Crippen molar-refractivity contribution in [1.82, 2.24) is 24.9 Å². The molecule has 9 nitrogen and oxygen atoms in total. The number of nitrogens with zero attached hydrogens (tertiary/aromatic N) is 4. The topological polar surface area (TPSA) is 120 Å². The second-order valence-electron chi connectivity index (χ2n) is 4.97. The van der Waals surface area contributed by atoms with E-state index in [4.69, 9.17) is 33.7 Å². The number of nitrogens with one attached hydrogen (secondary N) is 2. The van der Waals surface area contributed by atoms with Crippen LogP contribution in [-0.4, -0.2) is 32.0 Å². The molecule has 0 fully saturated rings. The van der Waals surface area contributed by atoms with Crippen LogP contribution in [0.5, 0.6) is 5.75 Å². The van der Waals surface area contributed by atoms with Crippen LogP contribution in [0.1, 0.15) is 0 Å². The van der Waals surface area contributed by atoms with Gasteiger partial charge >= 0.3 is 0 Å². The Morgan fingerprint density at radius 2 is 2.15 bits per heavy atom. The third-order valence-corrected chi connectivity index (χ3v) is 3.72. The first-order chi connectivity index (χ1) is 12.5. The fraction of sp³-hybridized carbons (Fsp3) is 0.0667. The number of hydrazine groups is 1. The van der Waals surface area contributed by atoms with Crippen molar-refractivity contribution in [2.75, 3.05) is 17.8 Å². The highest BCUT2D eigenvalue weighted by Crippen LogP contribution is 2.27. The third-order valence-electron chi connectivity index (χ3n) is 3.18. The van der Waals surface area contributed by atoms with Gasteiger partial charge < -0.3 is 10.5 Å². The van der Waals surface area contributed by atoms with Gasteiger partial charge in [-0.25, -0.2) is 15.0 Å². The number of rotatable bonds is 6. The largest absolute Gasteiger partial charge is 0.482 e. The fourth-order valence-corrected chi connectivity index (χ4v) is 2.44. The van der Waals surface area contributed by atoms with Crippen molar-refractivity contribution < 1.29 is 9.53 Å². The first kappa shape index (κ1) is 17.8. The molecule has 4 N–H and O–H groups in total. The van der Waals surface area contributed by atoms with Crippen LogP contribution in [0.15, 0.2) is 43.2 Å². The van der Waals surface area contributed by atoms with Gasteiger partial charge in [0.15, 0.2) is 18.2 Å². The molecule has 0 spiro atoms. The van der Waals surface area contributed by atoms with Crippen LogP contribution < -0.4 is 21.3 Å². The van der Waals surface area contributed by atoms with Crippen molar-refractivity contribution in [3.05, 3.63) is 53.3 Å². The van der Waals surface area contributed by atoms with E-state index in [0.29, 0.717) is 21.6 Å². The Hall–Kier alpha value is -3.04. The molecule has 0 saturated carbocycles. The van der Waals surface area contributed by atoms with Crippen molar-refractivity contribution in [3.8, 4) is 11.6 Å². The zero-order chi connectivity index (χ0) is 18.5. The number of hydrogen-bond acceptors (Lipinski definition) is 7. The number of hydrogen-bond donors (Lipinski definition) is 3. The van der Waals surface area contributed by atoms with Crippen LogP contribution in [-0.2, 0) is 4.79 Å². The lowest BCUT2D eigenvalue weighted by molar-refractivity contribution is -0.122. The molecule has 0 aliphatic rings. The van der Waals surface area contributed by atoms with Gasteiger partial charge in [-0.05, 0) is 18.2 Å². The van der Waals surface area contributed by atoms with E-state index in [9.17, 15) is 4.79 Å². The summed E-state index contributed by atoms with van der Waals surface area (Å²) in [6.45, 7) is -0.270. The van der Waals surface area contributed by atoms with Gasteiger partial charge in [-0.1, -0.05) is 23.2 Å². The summed E-state index contributed by atoms with van der Waals surface area (Å²) >= 11 is 11.8. The van der Waals surface area contributed by atoms with Crippen molar-refractivity contribution in [3.63, 3.8) is 0 Å². The van der Waals surface area contributed by atoms with E-state index in [1.54, 1.807) is 35.4 Å². The Labute approximate surface area is 158 Å². The quantitative estimate of drug-likeness (QED) is 0.548. The molecule has 3 aromatic rings. The Morgan fingerprint density at radius 1 is 1.31 bits per heavy atom. The number of aromatic nitrogens is 4. The molecular formula is C15H13Cl2N7O2. The number of nitrogen functional groups attached to an aromatic ring is 1. The molecule has 134 valence electrons. The molecule has 0 radical (unpaired) electrons. The minimum Gasteiger partial charge on any atom is -0.482 e. The van der Waals surface area contributed by atoms with Crippen LogP contribution in [0.25, 0.3) is 5.82 Å². The van der Waals surface area contributed by atoms with Crippen molar-refractivity contribution in [2.24, 2.45) is 0 Å². The summed E-state index contributed by atoms with van der Waals surface area (Å²) in [6.07, 6.45) is 6.13. The molecule has 0 unspecified atom stereocenters. The summed E-state index contributed by atoms with van der Waals surface area (Å²) in [5.41, 5.74) is 11.3. The highest BCUT2D eigenvalue weighted by atomic mass is 35.5. The zero-order valence-corrected chi connectivity index (χ0v) is 14.7. The summed E-state index contributed by atoms with van der Waals surface area (Å²) < 4.78 is 6.96. The second-order valence-corrected chi connectivity index (χ2v) is 5.81. The summed E-state index contributed by atoms with van der Waals surface area (Å²) in [5.74, 6) is 0.549. The molecule has 0 atom stereocenters. The maximum absolute atomic E-state index is 11.9. The van der Waals surface area contributed by atoms with Crippen molar-refractivity contribution in [1.29, 1.82) is 0 Å².